The lowest BCUT2D eigenvalue weighted by atomic mass is 9.87. The normalized spacial score (nSPS) is 21.3. The number of nitrogens with two attached hydrogens (primary N) is 1. The summed E-state index contributed by atoms with van der Waals surface area (Å²) < 4.78 is 32.6. The van der Waals surface area contributed by atoms with Crippen molar-refractivity contribution in [1.82, 2.24) is 4.90 Å². The standard InChI is InChI=1S/C16H20F2N2O3/c1-23-16(7-5-14(19)21)6-2-8-20(10-16)15(22)12-9-11(17)3-4-13(12)18/h3-4,9H,2,5-8,10H2,1H3,(H2,19,21). The Balaban J connectivity index is 2.17. The fraction of sp³-hybridized carbons (Fsp3) is 0.500. The lowest BCUT2D eigenvalue weighted by molar-refractivity contribution is -0.121. The molecule has 1 saturated heterocycles. The first-order chi connectivity index (χ1) is 10.9. The fourth-order valence-corrected chi connectivity index (χ4v) is 2.93. The molecule has 5 nitrogen and oxygen atoms in total. The number of nitrogens with zero attached hydrogens (tertiary/aromatic N) is 1. The predicted octanol–water partition coefficient (Wildman–Crippen LogP) is 1.85. The van der Waals surface area contributed by atoms with Crippen LogP contribution in [0.3, 0.4) is 0 Å². The molecule has 0 radical (unpaired) electrons. The maximum atomic E-state index is 13.8. The van der Waals surface area contributed by atoms with Crippen LogP contribution in [0.4, 0.5) is 8.78 Å². The quantitative estimate of drug-likeness (QED) is 0.897. The fourth-order valence-electron chi connectivity index (χ4n) is 2.93. The zero-order chi connectivity index (χ0) is 17.0. The molecule has 2 N–H and O–H groups in total. The molecule has 0 saturated carbocycles. The van der Waals surface area contributed by atoms with Gasteiger partial charge >= 0.3 is 0 Å². The van der Waals surface area contributed by atoms with E-state index in [-0.39, 0.29) is 18.5 Å². The Kier molecular flexibility index (Phi) is 5.30. The molecule has 1 fully saturated rings. The highest BCUT2D eigenvalue weighted by Crippen LogP contribution is 2.30. The Morgan fingerprint density at radius 2 is 2.13 bits per heavy atom. The average molecular weight is 326 g/mol. The first kappa shape index (κ1) is 17.3. The van der Waals surface area contributed by atoms with Crippen LogP contribution in [0.25, 0.3) is 0 Å². The van der Waals surface area contributed by atoms with Crippen molar-refractivity contribution >= 4 is 11.8 Å². The van der Waals surface area contributed by atoms with Crippen molar-refractivity contribution < 1.29 is 23.1 Å². The molecule has 0 bridgehead atoms. The molecule has 1 aromatic carbocycles. The maximum absolute atomic E-state index is 13.8. The first-order valence-corrected chi connectivity index (χ1v) is 7.45. The van der Waals surface area contributed by atoms with E-state index in [9.17, 15) is 18.4 Å². The Labute approximate surface area is 133 Å². The van der Waals surface area contributed by atoms with Gasteiger partial charge in [-0.1, -0.05) is 0 Å². The minimum Gasteiger partial charge on any atom is -0.376 e. The van der Waals surface area contributed by atoms with Crippen molar-refractivity contribution in [3.8, 4) is 0 Å². The molecule has 1 atom stereocenters. The van der Waals surface area contributed by atoms with Gasteiger partial charge in [0, 0.05) is 26.6 Å². The second-order valence-corrected chi connectivity index (χ2v) is 5.81. The molecule has 126 valence electrons. The smallest absolute Gasteiger partial charge is 0.257 e. The summed E-state index contributed by atoms with van der Waals surface area (Å²) in [6.07, 6.45) is 1.85. The number of ether oxygens (including phenoxy) is 1. The Morgan fingerprint density at radius 1 is 1.39 bits per heavy atom. The highest BCUT2D eigenvalue weighted by molar-refractivity contribution is 5.94. The molecule has 0 aromatic heterocycles. The van der Waals surface area contributed by atoms with E-state index in [4.69, 9.17) is 10.5 Å². The molecule has 2 rings (SSSR count). The summed E-state index contributed by atoms with van der Waals surface area (Å²) in [6, 6.07) is 2.79. The number of piperidine rings is 1. The van der Waals surface area contributed by atoms with Gasteiger partial charge in [-0.3, -0.25) is 9.59 Å². The third-order valence-corrected chi connectivity index (χ3v) is 4.25. The number of rotatable bonds is 5. The SMILES string of the molecule is COC1(CCC(N)=O)CCCN(C(=O)c2cc(F)ccc2F)C1. The maximum Gasteiger partial charge on any atom is 0.257 e. The van der Waals surface area contributed by atoms with Gasteiger partial charge in [0.2, 0.25) is 5.91 Å². The van der Waals surface area contributed by atoms with Crippen LogP contribution >= 0.6 is 0 Å². The summed E-state index contributed by atoms with van der Waals surface area (Å²) in [7, 11) is 1.51. The van der Waals surface area contributed by atoms with E-state index in [1.807, 2.05) is 0 Å². The number of likely N-dealkylation sites (tertiary alicyclic amines) is 1. The molecular weight excluding hydrogens is 306 g/mol. The number of hydrogen-bond acceptors (Lipinski definition) is 3. The second-order valence-electron chi connectivity index (χ2n) is 5.81. The van der Waals surface area contributed by atoms with Crippen LogP contribution in [0, 0.1) is 11.6 Å². The molecule has 1 heterocycles. The largest absolute Gasteiger partial charge is 0.376 e. The van der Waals surface area contributed by atoms with E-state index in [0.29, 0.717) is 25.8 Å². The predicted molar refractivity (Wildman–Crippen MR) is 79.7 cm³/mol. The monoisotopic (exact) mass is 326 g/mol. The van der Waals surface area contributed by atoms with E-state index in [0.717, 1.165) is 18.2 Å². The molecule has 1 aromatic rings. The molecular formula is C16H20F2N2O3. The van der Waals surface area contributed by atoms with Crippen molar-refractivity contribution in [2.75, 3.05) is 20.2 Å². The van der Waals surface area contributed by atoms with Gasteiger partial charge < -0.3 is 15.4 Å². The van der Waals surface area contributed by atoms with Gasteiger partial charge in [-0.25, -0.2) is 8.78 Å². The highest BCUT2D eigenvalue weighted by Gasteiger charge is 2.38. The third kappa shape index (κ3) is 4.04. The first-order valence-electron chi connectivity index (χ1n) is 7.45. The van der Waals surface area contributed by atoms with E-state index in [2.05, 4.69) is 0 Å². The lowest BCUT2D eigenvalue weighted by Crippen LogP contribution is -2.51. The number of primary amides is 1. The van der Waals surface area contributed by atoms with E-state index in [1.54, 1.807) is 0 Å². The van der Waals surface area contributed by atoms with Gasteiger partial charge in [-0.2, -0.15) is 0 Å². The van der Waals surface area contributed by atoms with Crippen LogP contribution in [-0.2, 0) is 9.53 Å². The van der Waals surface area contributed by atoms with Gasteiger partial charge in [0.15, 0.2) is 0 Å². The molecule has 0 aliphatic carbocycles. The lowest BCUT2D eigenvalue weighted by Gasteiger charge is -2.42. The number of halogens is 2. The highest BCUT2D eigenvalue weighted by atomic mass is 19.1. The Hall–Kier alpha value is -2.02. The number of amides is 2. The number of carbonyl (C=O) groups excluding carboxylic acids is 2. The van der Waals surface area contributed by atoms with Crippen LogP contribution in [0.1, 0.15) is 36.0 Å². The van der Waals surface area contributed by atoms with E-state index in [1.165, 1.54) is 12.0 Å². The van der Waals surface area contributed by atoms with Gasteiger partial charge in [0.1, 0.15) is 11.6 Å². The summed E-state index contributed by atoms with van der Waals surface area (Å²) in [5.41, 5.74) is 4.19. The zero-order valence-corrected chi connectivity index (χ0v) is 13.0. The summed E-state index contributed by atoms with van der Waals surface area (Å²) in [5, 5.41) is 0. The molecule has 0 spiro atoms. The van der Waals surface area contributed by atoms with Crippen LogP contribution in [0.2, 0.25) is 0 Å². The summed E-state index contributed by atoms with van der Waals surface area (Å²) in [4.78, 5) is 24.9. The minimum atomic E-state index is -0.762. The van der Waals surface area contributed by atoms with E-state index < -0.39 is 29.0 Å². The number of benzene rings is 1. The van der Waals surface area contributed by atoms with Crippen LogP contribution in [0.5, 0.6) is 0 Å². The molecule has 7 heteroatoms. The van der Waals surface area contributed by atoms with Gasteiger partial charge in [0.05, 0.1) is 11.2 Å². The van der Waals surface area contributed by atoms with Crippen molar-refractivity contribution in [3.63, 3.8) is 0 Å². The summed E-state index contributed by atoms with van der Waals surface area (Å²) in [5.74, 6) is -2.45. The van der Waals surface area contributed by atoms with Crippen molar-refractivity contribution in [3.05, 3.63) is 35.4 Å². The topological polar surface area (TPSA) is 72.6 Å². The van der Waals surface area contributed by atoms with Crippen LogP contribution in [0.15, 0.2) is 18.2 Å². The average Bonchev–Trinajstić information content (AvgIpc) is 2.55. The van der Waals surface area contributed by atoms with Gasteiger partial charge in [-0.15, -0.1) is 0 Å². The second kappa shape index (κ2) is 7.04. The molecule has 1 aliphatic rings. The van der Waals surface area contributed by atoms with Crippen molar-refractivity contribution in [1.29, 1.82) is 0 Å². The number of hydrogen-bond donors (Lipinski definition) is 1. The van der Waals surface area contributed by atoms with Crippen molar-refractivity contribution in [2.45, 2.75) is 31.3 Å². The number of carbonyl (C=O) groups is 2. The minimum absolute atomic E-state index is 0.143. The summed E-state index contributed by atoms with van der Waals surface area (Å²) in [6.45, 7) is 0.641. The van der Waals surface area contributed by atoms with Crippen LogP contribution < -0.4 is 5.73 Å². The molecule has 2 amide bonds. The van der Waals surface area contributed by atoms with Gasteiger partial charge in [-0.05, 0) is 37.5 Å². The van der Waals surface area contributed by atoms with E-state index >= 15 is 0 Å². The number of methoxy groups -OCH3 is 1. The molecule has 23 heavy (non-hydrogen) atoms. The Bertz CT molecular complexity index is 609. The zero-order valence-electron chi connectivity index (χ0n) is 13.0. The third-order valence-electron chi connectivity index (χ3n) is 4.25. The summed E-state index contributed by atoms with van der Waals surface area (Å²) >= 11 is 0. The van der Waals surface area contributed by atoms with Crippen molar-refractivity contribution in [2.24, 2.45) is 5.73 Å². The van der Waals surface area contributed by atoms with Gasteiger partial charge in [0.25, 0.3) is 5.91 Å². The molecule has 1 aliphatic heterocycles. The Morgan fingerprint density at radius 3 is 2.78 bits per heavy atom. The van der Waals surface area contributed by atoms with Crippen LogP contribution in [-0.4, -0.2) is 42.5 Å². The molecule has 1 unspecified atom stereocenters.